The molecule has 0 spiro atoms. The smallest absolute Gasteiger partial charge is 0.336 e. The van der Waals surface area contributed by atoms with E-state index in [9.17, 15) is 18.0 Å². The number of piperazine rings is 1. The quantitative estimate of drug-likeness (QED) is 0.292. The normalized spacial score (nSPS) is 18.4. The number of alkyl halides is 3. The van der Waals surface area contributed by atoms with Crippen LogP contribution in [0.25, 0.3) is 16.7 Å². The van der Waals surface area contributed by atoms with E-state index in [-0.39, 0.29) is 5.91 Å². The standard InChI is InChI=1S/C31H30F3N5O/c32-31(33,34)23-6-4-5-20(17-23)19-37-13-15-38(16-14-37)30(40)25-18-26(21-9-10-21)35-29-27(25)28(22-11-12-22)36-39(29)24-7-2-1-3-8-24/h1-8,17-18,21-22H,9-16,19H2. The molecule has 3 heterocycles. The first kappa shape index (κ1) is 25.3. The van der Waals surface area contributed by atoms with Gasteiger partial charge in [-0.3, -0.25) is 9.69 Å². The Morgan fingerprint density at radius 1 is 0.875 bits per heavy atom. The molecule has 1 aliphatic heterocycles. The van der Waals surface area contributed by atoms with Crippen molar-refractivity contribution >= 4 is 16.9 Å². The molecule has 2 aliphatic carbocycles. The first-order chi connectivity index (χ1) is 19.3. The average Bonchev–Trinajstić information content (AvgIpc) is 3.90. The minimum atomic E-state index is -4.36. The Morgan fingerprint density at radius 3 is 2.27 bits per heavy atom. The zero-order valence-corrected chi connectivity index (χ0v) is 22.1. The molecule has 0 N–H and O–H groups in total. The molecule has 4 aromatic rings. The molecule has 2 aromatic carbocycles. The lowest BCUT2D eigenvalue weighted by Crippen LogP contribution is -2.48. The van der Waals surface area contributed by atoms with E-state index in [4.69, 9.17) is 10.1 Å². The molecule has 0 unspecified atom stereocenters. The molecule has 0 bridgehead atoms. The number of para-hydroxylation sites is 1. The molecular formula is C31H30F3N5O. The van der Waals surface area contributed by atoms with Crippen molar-refractivity contribution in [1.29, 1.82) is 0 Å². The van der Waals surface area contributed by atoms with E-state index in [1.165, 1.54) is 12.1 Å². The van der Waals surface area contributed by atoms with Gasteiger partial charge in [-0.25, -0.2) is 9.67 Å². The van der Waals surface area contributed by atoms with Crippen molar-refractivity contribution in [3.05, 3.63) is 88.7 Å². The lowest BCUT2D eigenvalue weighted by molar-refractivity contribution is -0.137. The predicted molar refractivity (Wildman–Crippen MR) is 145 cm³/mol. The molecule has 1 amide bonds. The Bertz CT molecular complexity index is 1570. The van der Waals surface area contributed by atoms with Crippen LogP contribution in [0, 0.1) is 0 Å². The van der Waals surface area contributed by atoms with E-state index in [1.807, 2.05) is 46.0 Å². The SMILES string of the molecule is O=C(c1cc(C2CC2)nc2c1c(C1CC1)nn2-c1ccccc1)N1CCN(Cc2cccc(C(F)(F)F)c2)CC1. The topological polar surface area (TPSA) is 54.3 Å². The second-order valence-corrected chi connectivity index (χ2v) is 11.2. The van der Waals surface area contributed by atoms with Gasteiger partial charge in [0.15, 0.2) is 5.65 Å². The van der Waals surface area contributed by atoms with E-state index in [0.717, 1.165) is 59.9 Å². The van der Waals surface area contributed by atoms with E-state index in [2.05, 4.69) is 4.90 Å². The van der Waals surface area contributed by atoms with Crippen LogP contribution in [0.4, 0.5) is 13.2 Å². The number of halogens is 3. The van der Waals surface area contributed by atoms with Gasteiger partial charge in [0.25, 0.3) is 5.91 Å². The molecule has 6 nitrogen and oxygen atoms in total. The number of benzene rings is 2. The predicted octanol–water partition coefficient (Wildman–Crippen LogP) is 6.15. The molecule has 7 rings (SSSR count). The second kappa shape index (κ2) is 9.73. The van der Waals surface area contributed by atoms with Crippen LogP contribution in [0.2, 0.25) is 0 Å². The van der Waals surface area contributed by atoms with Gasteiger partial charge < -0.3 is 4.90 Å². The molecule has 3 aliphatic rings. The molecule has 2 aromatic heterocycles. The number of aromatic nitrogens is 3. The lowest BCUT2D eigenvalue weighted by Gasteiger charge is -2.35. The van der Waals surface area contributed by atoms with Crippen LogP contribution < -0.4 is 0 Å². The number of carbonyl (C=O) groups excluding carboxylic acids is 1. The van der Waals surface area contributed by atoms with Crippen molar-refractivity contribution in [1.82, 2.24) is 24.6 Å². The second-order valence-electron chi connectivity index (χ2n) is 11.2. The minimum Gasteiger partial charge on any atom is -0.336 e. The molecule has 2 saturated carbocycles. The van der Waals surface area contributed by atoms with Crippen molar-refractivity contribution < 1.29 is 18.0 Å². The zero-order valence-electron chi connectivity index (χ0n) is 22.1. The van der Waals surface area contributed by atoms with Gasteiger partial charge >= 0.3 is 6.18 Å². The summed E-state index contributed by atoms with van der Waals surface area (Å²) in [4.78, 5) is 23.1. The van der Waals surface area contributed by atoms with Gasteiger partial charge in [0, 0.05) is 50.3 Å². The number of carbonyl (C=O) groups is 1. The van der Waals surface area contributed by atoms with Gasteiger partial charge in [-0.15, -0.1) is 0 Å². The van der Waals surface area contributed by atoms with Crippen molar-refractivity contribution in [2.75, 3.05) is 26.2 Å². The minimum absolute atomic E-state index is 0.0115. The lowest BCUT2D eigenvalue weighted by atomic mass is 10.0. The number of amides is 1. The van der Waals surface area contributed by atoms with Crippen LogP contribution in [0.1, 0.15) is 70.4 Å². The van der Waals surface area contributed by atoms with Gasteiger partial charge in [-0.05, 0) is 55.5 Å². The fraction of sp³-hybridized carbons (Fsp3) is 0.387. The number of pyridine rings is 1. The molecule has 0 radical (unpaired) electrons. The average molecular weight is 546 g/mol. The Hall–Kier alpha value is -3.72. The summed E-state index contributed by atoms with van der Waals surface area (Å²) in [6.07, 6.45) is -0.0746. The van der Waals surface area contributed by atoms with Crippen LogP contribution in [-0.4, -0.2) is 56.7 Å². The van der Waals surface area contributed by atoms with Crippen molar-refractivity contribution in [3.8, 4) is 5.69 Å². The fourth-order valence-corrected chi connectivity index (χ4v) is 5.69. The van der Waals surface area contributed by atoms with Crippen molar-refractivity contribution in [2.24, 2.45) is 0 Å². The zero-order chi connectivity index (χ0) is 27.4. The van der Waals surface area contributed by atoms with Crippen molar-refractivity contribution in [2.45, 2.75) is 50.2 Å². The number of nitrogens with zero attached hydrogens (tertiary/aromatic N) is 5. The van der Waals surface area contributed by atoms with Crippen LogP contribution in [0.5, 0.6) is 0 Å². The van der Waals surface area contributed by atoms with E-state index < -0.39 is 11.7 Å². The molecule has 206 valence electrons. The first-order valence-corrected chi connectivity index (χ1v) is 14.0. The maximum absolute atomic E-state index is 14.1. The summed E-state index contributed by atoms with van der Waals surface area (Å²) in [5.41, 5.74) is 4.28. The highest BCUT2D eigenvalue weighted by atomic mass is 19.4. The maximum atomic E-state index is 14.1. The van der Waals surface area contributed by atoms with Crippen LogP contribution >= 0.6 is 0 Å². The van der Waals surface area contributed by atoms with E-state index in [0.29, 0.717) is 55.7 Å². The Kier molecular flexibility index (Phi) is 6.14. The number of hydrogen-bond donors (Lipinski definition) is 0. The molecule has 1 saturated heterocycles. The summed E-state index contributed by atoms with van der Waals surface area (Å²) < 4.78 is 41.4. The Labute approximate surface area is 230 Å². The van der Waals surface area contributed by atoms with Gasteiger partial charge in [-0.1, -0.05) is 36.4 Å². The number of rotatable bonds is 6. The van der Waals surface area contributed by atoms with Crippen LogP contribution in [0.3, 0.4) is 0 Å². The molecule has 9 heteroatoms. The largest absolute Gasteiger partial charge is 0.416 e. The van der Waals surface area contributed by atoms with Crippen LogP contribution in [0.15, 0.2) is 60.7 Å². The molecule has 0 atom stereocenters. The van der Waals surface area contributed by atoms with Gasteiger partial charge in [0.2, 0.25) is 0 Å². The van der Waals surface area contributed by atoms with E-state index >= 15 is 0 Å². The third-order valence-corrected chi connectivity index (χ3v) is 8.20. The van der Waals surface area contributed by atoms with Crippen molar-refractivity contribution in [3.63, 3.8) is 0 Å². The summed E-state index contributed by atoms with van der Waals surface area (Å²) in [6, 6.07) is 17.5. The third-order valence-electron chi connectivity index (χ3n) is 8.20. The van der Waals surface area contributed by atoms with Gasteiger partial charge in [0.1, 0.15) is 0 Å². The highest BCUT2D eigenvalue weighted by Crippen LogP contribution is 2.46. The summed E-state index contributed by atoms with van der Waals surface area (Å²) in [7, 11) is 0. The Morgan fingerprint density at radius 2 is 1.60 bits per heavy atom. The summed E-state index contributed by atoms with van der Waals surface area (Å²) in [6.45, 7) is 2.67. The Balaban J connectivity index is 1.17. The maximum Gasteiger partial charge on any atom is 0.416 e. The highest BCUT2D eigenvalue weighted by Gasteiger charge is 2.36. The van der Waals surface area contributed by atoms with E-state index in [1.54, 1.807) is 6.07 Å². The number of hydrogen-bond acceptors (Lipinski definition) is 4. The monoisotopic (exact) mass is 545 g/mol. The summed E-state index contributed by atoms with van der Waals surface area (Å²) in [5, 5.41) is 5.88. The van der Waals surface area contributed by atoms with Gasteiger partial charge in [0.05, 0.1) is 27.9 Å². The van der Waals surface area contributed by atoms with Gasteiger partial charge in [-0.2, -0.15) is 18.3 Å². The number of fused-ring (bicyclic) bond motifs is 1. The highest BCUT2D eigenvalue weighted by molar-refractivity contribution is 6.07. The van der Waals surface area contributed by atoms with Crippen LogP contribution in [-0.2, 0) is 12.7 Å². The fourth-order valence-electron chi connectivity index (χ4n) is 5.69. The molecular weight excluding hydrogens is 515 g/mol. The third kappa shape index (κ3) is 4.87. The molecule has 3 fully saturated rings. The first-order valence-electron chi connectivity index (χ1n) is 14.0. The molecule has 40 heavy (non-hydrogen) atoms. The summed E-state index contributed by atoms with van der Waals surface area (Å²) >= 11 is 0. The summed E-state index contributed by atoms with van der Waals surface area (Å²) in [5.74, 6) is 0.711.